The van der Waals surface area contributed by atoms with Crippen molar-refractivity contribution in [2.24, 2.45) is 10.8 Å². The number of hydrazone groups is 1. The van der Waals surface area contributed by atoms with Crippen molar-refractivity contribution in [3.63, 3.8) is 0 Å². The quantitative estimate of drug-likeness (QED) is 0.0724. The number of carbonyl (C=O) groups is 2. The first-order valence-electron chi connectivity index (χ1n) is 13.0. The van der Waals surface area contributed by atoms with Gasteiger partial charge < -0.3 is 15.6 Å². The number of amides is 2. The van der Waals surface area contributed by atoms with Gasteiger partial charge in [-0.15, -0.1) is 5.10 Å². The van der Waals surface area contributed by atoms with Crippen LogP contribution in [0.3, 0.4) is 0 Å². The maximum absolute atomic E-state index is 12.1. The first-order chi connectivity index (χ1) is 18.5. The summed E-state index contributed by atoms with van der Waals surface area (Å²) < 4.78 is 5.02. The Morgan fingerprint density at radius 2 is 1.50 bits per heavy atom. The smallest absolute Gasteiger partial charge is 0.240 e. The Labute approximate surface area is 226 Å². The number of unbranched alkanes of at least 4 members (excludes halogenated alkanes) is 1. The number of ether oxygens (including phenoxy) is 1. The molecule has 0 spiro atoms. The molecule has 1 rings (SSSR count). The van der Waals surface area contributed by atoms with Crippen molar-refractivity contribution in [1.82, 2.24) is 10.7 Å². The fraction of sp³-hybridized carbons (Fsp3) is 0.367. The molecular weight excluding hydrogens is 480 g/mol. The van der Waals surface area contributed by atoms with E-state index in [4.69, 9.17) is 10.5 Å². The lowest BCUT2D eigenvalue weighted by Gasteiger charge is -2.07. The number of benzene rings is 1. The van der Waals surface area contributed by atoms with E-state index in [1.807, 2.05) is 0 Å². The zero-order valence-corrected chi connectivity index (χ0v) is 22.6. The van der Waals surface area contributed by atoms with E-state index in [0.29, 0.717) is 18.4 Å². The molecule has 0 fully saturated rings. The van der Waals surface area contributed by atoms with Crippen LogP contribution < -0.4 is 21.2 Å². The molecule has 0 bridgehead atoms. The van der Waals surface area contributed by atoms with Crippen LogP contribution in [0.5, 0.6) is 11.5 Å². The average molecular weight is 523 g/mol. The fourth-order valence-corrected chi connectivity index (χ4v) is 3.16. The van der Waals surface area contributed by atoms with Gasteiger partial charge in [0.1, 0.15) is 0 Å². The number of carbonyl (C=O) groups excluding carboxylic acids is 2. The van der Waals surface area contributed by atoms with Gasteiger partial charge in [0.05, 0.1) is 13.5 Å². The van der Waals surface area contributed by atoms with Crippen LogP contribution in [0.25, 0.3) is 0 Å². The molecule has 8 heteroatoms. The second-order valence-electron chi connectivity index (χ2n) is 8.36. The summed E-state index contributed by atoms with van der Waals surface area (Å²) in [5.74, 6) is -0.632. The summed E-state index contributed by atoms with van der Waals surface area (Å²) in [6.07, 6.45) is 28.1. The number of methoxy groups -OCH3 is 1. The number of aromatic hydroxyl groups is 1. The number of phenolic OH excluding ortho intramolecular Hbond substituents is 1. The van der Waals surface area contributed by atoms with E-state index < -0.39 is 5.91 Å². The molecule has 0 saturated heterocycles. The fourth-order valence-electron chi connectivity index (χ4n) is 3.16. The molecule has 5 N–H and O–H groups in total. The Balaban J connectivity index is 2.14. The number of nitrogens with zero attached hydrogens (tertiary/aromatic N) is 1. The van der Waals surface area contributed by atoms with Gasteiger partial charge in [0.2, 0.25) is 17.8 Å². The molecule has 8 nitrogen and oxygen atoms in total. The van der Waals surface area contributed by atoms with Gasteiger partial charge in [-0.3, -0.25) is 14.9 Å². The van der Waals surface area contributed by atoms with Crippen LogP contribution >= 0.6 is 0 Å². The Morgan fingerprint density at radius 3 is 2.08 bits per heavy atom. The number of hydrogen-bond acceptors (Lipinski definition) is 5. The van der Waals surface area contributed by atoms with Crippen LogP contribution in [-0.4, -0.2) is 30.0 Å². The van der Waals surface area contributed by atoms with Gasteiger partial charge in [0.15, 0.2) is 11.5 Å². The summed E-state index contributed by atoms with van der Waals surface area (Å²) in [6.45, 7) is 2.14. The molecule has 1 aromatic rings. The van der Waals surface area contributed by atoms with Gasteiger partial charge in [-0.2, -0.15) is 0 Å². The average Bonchev–Trinajstić information content (AvgIpc) is 2.90. The van der Waals surface area contributed by atoms with Gasteiger partial charge in [-0.1, -0.05) is 73.8 Å². The third-order valence-corrected chi connectivity index (χ3v) is 5.11. The van der Waals surface area contributed by atoms with E-state index in [2.05, 4.69) is 83.5 Å². The Kier molecular flexibility index (Phi) is 17.7. The Morgan fingerprint density at radius 1 is 0.921 bits per heavy atom. The van der Waals surface area contributed by atoms with Crippen LogP contribution in [0.4, 0.5) is 0 Å². The maximum atomic E-state index is 12.1. The van der Waals surface area contributed by atoms with Gasteiger partial charge in [0, 0.05) is 6.42 Å². The predicted molar refractivity (Wildman–Crippen MR) is 155 cm³/mol. The van der Waals surface area contributed by atoms with E-state index in [-0.39, 0.29) is 29.8 Å². The van der Waals surface area contributed by atoms with Gasteiger partial charge in [-0.05, 0) is 62.6 Å². The molecule has 206 valence electrons. The van der Waals surface area contributed by atoms with E-state index in [9.17, 15) is 14.7 Å². The predicted octanol–water partition coefficient (Wildman–Crippen LogP) is 5.33. The second kappa shape index (κ2) is 21.1. The minimum Gasteiger partial charge on any atom is -0.504 e. The standard InChI is InChI=1S/C30H42N4O4/c1-3-4-5-6-7-8-9-10-11-12-13-14-15-16-17-18-19-20-28(36)33-34-30(31)32-29(37)24-25-21-22-26(35)27(23-25)38-2/h4-5,7-8,10-11,13-14,16-17,21-23,35H,3,6,9,12,15,18-20,24H2,1-2H3,(H,33,36)(H3,31,32,34,37)/b5-4-,8-7-,11-10-,14-13-,17-16-. The number of allylic oxidation sites excluding steroid dienone is 10. The van der Waals surface area contributed by atoms with Crippen LogP contribution in [0, 0.1) is 0 Å². The van der Waals surface area contributed by atoms with Crippen LogP contribution in [0.2, 0.25) is 0 Å². The Hall–Kier alpha value is -4.07. The molecule has 0 aromatic heterocycles. The first-order valence-corrected chi connectivity index (χ1v) is 13.0. The highest BCUT2D eigenvalue weighted by Crippen LogP contribution is 2.26. The van der Waals surface area contributed by atoms with Crippen molar-refractivity contribution in [3.05, 3.63) is 84.5 Å². The van der Waals surface area contributed by atoms with Crippen molar-refractivity contribution in [3.8, 4) is 11.5 Å². The lowest BCUT2D eigenvalue weighted by atomic mass is 10.1. The SMILES string of the molecule is CC/C=C\C/C=C\C/C=C\C/C=C\C/C=C\CCCC(=O)NN=C(N)NC(=O)Cc1ccc(O)c(OC)c1. The third-order valence-electron chi connectivity index (χ3n) is 5.11. The zero-order valence-electron chi connectivity index (χ0n) is 22.6. The number of rotatable bonds is 17. The molecule has 1 aromatic carbocycles. The number of nitrogens with two attached hydrogens (primary N) is 1. The molecule has 0 saturated carbocycles. The maximum Gasteiger partial charge on any atom is 0.240 e. The van der Waals surface area contributed by atoms with Gasteiger partial charge in [0.25, 0.3) is 0 Å². The topological polar surface area (TPSA) is 126 Å². The molecule has 38 heavy (non-hydrogen) atoms. The van der Waals surface area contributed by atoms with Crippen molar-refractivity contribution >= 4 is 17.8 Å². The molecule has 0 aliphatic heterocycles. The lowest BCUT2D eigenvalue weighted by Crippen LogP contribution is -2.39. The van der Waals surface area contributed by atoms with Crippen LogP contribution in [0.1, 0.15) is 63.9 Å². The first kappa shape index (κ1) is 32.0. The molecule has 0 aliphatic carbocycles. The van der Waals surface area contributed by atoms with Crippen LogP contribution in [0.15, 0.2) is 84.1 Å². The normalized spacial score (nSPS) is 12.4. The summed E-state index contributed by atoms with van der Waals surface area (Å²) in [7, 11) is 1.43. The largest absolute Gasteiger partial charge is 0.504 e. The van der Waals surface area contributed by atoms with Crippen molar-refractivity contribution in [2.75, 3.05) is 7.11 Å². The number of phenols is 1. The highest BCUT2D eigenvalue weighted by Gasteiger charge is 2.09. The van der Waals surface area contributed by atoms with Gasteiger partial charge in [-0.25, -0.2) is 5.43 Å². The summed E-state index contributed by atoms with van der Waals surface area (Å²) in [5, 5.41) is 15.7. The second-order valence-corrected chi connectivity index (χ2v) is 8.36. The summed E-state index contributed by atoms with van der Waals surface area (Å²) in [6, 6.07) is 4.60. The Bertz CT molecular complexity index is 1020. The summed E-state index contributed by atoms with van der Waals surface area (Å²) in [4.78, 5) is 24.0. The monoisotopic (exact) mass is 522 g/mol. The van der Waals surface area contributed by atoms with Crippen molar-refractivity contribution in [1.29, 1.82) is 0 Å². The van der Waals surface area contributed by atoms with E-state index in [1.54, 1.807) is 12.1 Å². The lowest BCUT2D eigenvalue weighted by molar-refractivity contribution is -0.121. The minimum atomic E-state index is -0.411. The van der Waals surface area contributed by atoms with E-state index >= 15 is 0 Å². The number of guanidine groups is 1. The third kappa shape index (κ3) is 16.6. The highest BCUT2D eigenvalue weighted by molar-refractivity contribution is 5.97. The molecule has 0 aliphatic rings. The molecule has 0 radical (unpaired) electrons. The summed E-state index contributed by atoms with van der Waals surface area (Å²) in [5.41, 5.74) is 8.63. The molecule has 0 unspecified atom stereocenters. The number of nitrogens with one attached hydrogen (secondary N) is 2. The number of hydrogen-bond donors (Lipinski definition) is 4. The van der Waals surface area contributed by atoms with Gasteiger partial charge >= 0.3 is 0 Å². The molecule has 0 atom stereocenters. The minimum absolute atomic E-state index is 0.00799. The molecule has 0 heterocycles. The summed E-state index contributed by atoms with van der Waals surface area (Å²) >= 11 is 0. The van der Waals surface area contributed by atoms with Crippen LogP contribution in [-0.2, 0) is 16.0 Å². The van der Waals surface area contributed by atoms with E-state index in [1.165, 1.54) is 13.2 Å². The zero-order chi connectivity index (χ0) is 27.8. The molecular formula is C30H42N4O4. The highest BCUT2D eigenvalue weighted by atomic mass is 16.5. The van der Waals surface area contributed by atoms with Crippen molar-refractivity contribution in [2.45, 2.75) is 64.7 Å². The van der Waals surface area contributed by atoms with Crippen molar-refractivity contribution < 1.29 is 19.4 Å². The molecule has 2 amide bonds. The van der Waals surface area contributed by atoms with E-state index in [0.717, 1.165) is 38.5 Å².